The lowest BCUT2D eigenvalue weighted by atomic mass is 10.1. The number of rotatable bonds is 8. The van der Waals surface area contributed by atoms with Crippen LogP contribution in [-0.4, -0.2) is 40.1 Å². The van der Waals surface area contributed by atoms with Crippen LogP contribution in [0.3, 0.4) is 0 Å². The molecule has 9 nitrogen and oxygen atoms in total. The van der Waals surface area contributed by atoms with Gasteiger partial charge in [-0.15, -0.1) is 22.7 Å². The number of aromatic nitrogens is 2. The van der Waals surface area contributed by atoms with Crippen molar-refractivity contribution in [2.75, 3.05) is 11.9 Å². The maximum Gasteiger partial charge on any atom is 0.348 e. The molecule has 198 valence electrons. The van der Waals surface area contributed by atoms with E-state index in [0.29, 0.717) is 27.9 Å². The molecule has 4 rings (SSSR count). The highest BCUT2D eigenvalue weighted by atomic mass is 32.1. The molecule has 0 saturated heterocycles. The molecule has 0 saturated carbocycles. The molecule has 0 fully saturated rings. The molecular formula is C27H27N3O6S2. The fourth-order valence-electron chi connectivity index (χ4n) is 3.94. The van der Waals surface area contributed by atoms with E-state index in [9.17, 15) is 19.2 Å². The lowest BCUT2D eigenvalue weighted by Gasteiger charge is -2.07. The average molecular weight is 554 g/mol. The van der Waals surface area contributed by atoms with Crippen LogP contribution >= 0.6 is 22.7 Å². The summed E-state index contributed by atoms with van der Waals surface area (Å²) in [6.45, 7) is 8.91. The van der Waals surface area contributed by atoms with Crippen LogP contribution in [0.2, 0.25) is 0 Å². The van der Waals surface area contributed by atoms with Gasteiger partial charge in [-0.25, -0.2) is 14.6 Å². The molecule has 0 bridgehead atoms. The molecule has 1 N–H and O–H groups in total. The van der Waals surface area contributed by atoms with Crippen LogP contribution < -0.4 is 10.9 Å². The predicted octanol–water partition coefficient (Wildman–Crippen LogP) is 5.18. The number of aryl methyl sites for hydroxylation is 1. The molecule has 0 spiro atoms. The summed E-state index contributed by atoms with van der Waals surface area (Å²) in [5.74, 6) is -1.76. The molecule has 0 aliphatic rings. The molecule has 0 unspecified atom stereocenters. The van der Waals surface area contributed by atoms with Crippen molar-refractivity contribution in [2.45, 2.75) is 47.3 Å². The molecule has 4 aromatic rings. The number of carbonyl (C=O) groups is 3. The summed E-state index contributed by atoms with van der Waals surface area (Å²) in [7, 11) is 0. The zero-order valence-electron chi connectivity index (χ0n) is 21.6. The number of ether oxygens (including phenoxy) is 2. The van der Waals surface area contributed by atoms with Crippen molar-refractivity contribution in [2.24, 2.45) is 0 Å². The largest absolute Gasteiger partial charge is 0.462 e. The quantitative estimate of drug-likeness (QED) is 0.299. The van der Waals surface area contributed by atoms with Gasteiger partial charge >= 0.3 is 11.9 Å². The summed E-state index contributed by atoms with van der Waals surface area (Å²) in [5, 5.41) is 3.30. The van der Waals surface area contributed by atoms with Crippen molar-refractivity contribution in [3.63, 3.8) is 0 Å². The number of nitrogens with one attached hydrogen (secondary N) is 1. The Labute approximate surface area is 227 Å². The van der Waals surface area contributed by atoms with Crippen molar-refractivity contribution in [1.82, 2.24) is 9.55 Å². The number of hydrogen-bond donors (Lipinski definition) is 1. The Balaban J connectivity index is 1.70. The van der Waals surface area contributed by atoms with E-state index in [1.165, 1.54) is 10.9 Å². The minimum atomic E-state index is -0.654. The summed E-state index contributed by atoms with van der Waals surface area (Å²) >= 11 is 2.04. The number of nitrogens with zero attached hydrogens (tertiary/aromatic N) is 2. The molecule has 1 aromatic carbocycles. The van der Waals surface area contributed by atoms with Crippen LogP contribution in [0.5, 0.6) is 0 Å². The van der Waals surface area contributed by atoms with Crippen molar-refractivity contribution < 1.29 is 23.9 Å². The lowest BCUT2D eigenvalue weighted by molar-refractivity contribution is 0.0383. The van der Waals surface area contributed by atoms with Crippen molar-refractivity contribution in [1.29, 1.82) is 0 Å². The van der Waals surface area contributed by atoms with Gasteiger partial charge in [0.25, 0.3) is 11.5 Å². The highest BCUT2D eigenvalue weighted by Crippen LogP contribution is 2.36. The molecular weight excluding hydrogens is 526 g/mol. The second-order valence-corrected chi connectivity index (χ2v) is 10.8. The Hall–Kier alpha value is -3.83. The second-order valence-electron chi connectivity index (χ2n) is 8.79. The Bertz CT molecular complexity index is 1580. The van der Waals surface area contributed by atoms with Gasteiger partial charge in [0.1, 0.15) is 14.7 Å². The number of benzene rings is 1. The van der Waals surface area contributed by atoms with Gasteiger partial charge in [0.15, 0.2) is 0 Å². The zero-order chi connectivity index (χ0) is 27.6. The number of hydrogen-bond acceptors (Lipinski definition) is 9. The monoisotopic (exact) mass is 553 g/mol. The smallest absolute Gasteiger partial charge is 0.348 e. The third-order valence-electron chi connectivity index (χ3n) is 5.70. The van der Waals surface area contributed by atoms with E-state index in [-0.39, 0.29) is 38.6 Å². The Morgan fingerprint density at radius 3 is 2.39 bits per heavy atom. The minimum Gasteiger partial charge on any atom is -0.462 e. The standard InChI is InChI=1S/C27H27N3O6S2/c1-6-35-26(33)19-16(5)21(27(34)36-14(2)3)38-24(19)29-22(31)20-15(4)18-23(37-20)28-13-30(25(18)32)12-17-10-8-7-9-11-17/h7-11,13-14H,6,12H2,1-5H3,(H,29,31). The highest BCUT2D eigenvalue weighted by molar-refractivity contribution is 7.21. The van der Waals surface area contributed by atoms with E-state index >= 15 is 0 Å². The first-order valence-corrected chi connectivity index (χ1v) is 13.6. The van der Waals surface area contributed by atoms with Crippen molar-refractivity contribution in [3.05, 3.63) is 79.0 Å². The molecule has 0 aliphatic carbocycles. The lowest BCUT2D eigenvalue weighted by Crippen LogP contribution is -2.21. The molecule has 0 aliphatic heterocycles. The van der Waals surface area contributed by atoms with Crippen LogP contribution in [0.4, 0.5) is 5.00 Å². The molecule has 11 heteroatoms. The first kappa shape index (κ1) is 27.2. The maximum atomic E-state index is 13.4. The topological polar surface area (TPSA) is 117 Å². The molecule has 1 amide bonds. The van der Waals surface area contributed by atoms with Crippen LogP contribution in [0.25, 0.3) is 10.2 Å². The van der Waals surface area contributed by atoms with Crippen LogP contribution in [0.15, 0.2) is 41.5 Å². The highest BCUT2D eigenvalue weighted by Gasteiger charge is 2.29. The summed E-state index contributed by atoms with van der Waals surface area (Å²) in [5.41, 5.74) is 1.67. The third kappa shape index (κ3) is 5.39. The first-order valence-electron chi connectivity index (χ1n) is 12.0. The number of carbonyl (C=O) groups excluding carboxylic acids is 3. The van der Waals surface area contributed by atoms with Crippen molar-refractivity contribution in [3.8, 4) is 0 Å². The van der Waals surface area contributed by atoms with E-state index in [1.807, 2.05) is 30.3 Å². The summed E-state index contributed by atoms with van der Waals surface area (Å²) in [6, 6.07) is 9.54. The van der Waals surface area contributed by atoms with Crippen molar-refractivity contribution >= 4 is 55.7 Å². The van der Waals surface area contributed by atoms with Gasteiger partial charge < -0.3 is 14.8 Å². The van der Waals surface area contributed by atoms with Gasteiger partial charge in [-0.05, 0) is 51.3 Å². The summed E-state index contributed by atoms with van der Waals surface area (Å²) in [4.78, 5) is 57.4. The van der Waals surface area contributed by atoms with Gasteiger partial charge in [0.05, 0.1) is 41.4 Å². The fraction of sp³-hybridized carbons (Fsp3) is 0.296. The summed E-state index contributed by atoms with van der Waals surface area (Å²) < 4.78 is 12.0. The maximum absolute atomic E-state index is 13.4. The molecule has 0 radical (unpaired) electrons. The molecule has 3 heterocycles. The average Bonchev–Trinajstić information content (AvgIpc) is 3.38. The van der Waals surface area contributed by atoms with E-state index in [4.69, 9.17) is 9.47 Å². The Morgan fingerprint density at radius 2 is 1.74 bits per heavy atom. The van der Waals surface area contributed by atoms with Gasteiger partial charge in [-0.2, -0.15) is 0 Å². The van der Waals surface area contributed by atoms with Gasteiger partial charge in [-0.1, -0.05) is 30.3 Å². The Morgan fingerprint density at radius 1 is 1.03 bits per heavy atom. The van der Waals surface area contributed by atoms with Gasteiger partial charge in [0.2, 0.25) is 0 Å². The van der Waals surface area contributed by atoms with E-state index < -0.39 is 17.8 Å². The number of thiophene rings is 2. The Kier molecular flexibility index (Phi) is 8.08. The molecule has 38 heavy (non-hydrogen) atoms. The normalized spacial score (nSPS) is 11.1. The van der Waals surface area contributed by atoms with E-state index in [1.54, 1.807) is 34.6 Å². The van der Waals surface area contributed by atoms with Crippen LogP contribution in [0.1, 0.15) is 67.2 Å². The minimum absolute atomic E-state index is 0.100. The SMILES string of the molecule is CCOC(=O)c1c(NC(=O)c2sc3ncn(Cc4ccccc4)c(=O)c3c2C)sc(C(=O)OC(C)C)c1C. The van der Waals surface area contributed by atoms with Crippen LogP contribution in [-0.2, 0) is 16.0 Å². The van der Waals surface area contributed by atoms with E-state index in [0.717, 1.165) is 28.2 Å². The molecule has 0 atom stereocenters. The molecule has 3 aromatic heterocycles. The zero-order valence-corrected chi connectivity index (χ0v) is 23.2. The second kappa shape index (κ2) is 11.3. The first-order chi connectivity index (χ1) is 18.1. The van der Waals surface area contributed by atoms with E-state index in [2.05, 4.69) is 10.3 Å². The number of fused-ring (bicyclic) bond motifs is 1. The predicted molar refractivity (Wildman–Crippen MR) is 148 cm³/mol. The van der Waals surface area contributed by atoms with Gasteiger partial charge in [-0.3, -0.25) is 14.2 Å². The number of anilines is 1. The van der Waals surface area contributed by atoms with Crippen LogP contribution in [0, 0.1) is 13.8 Å². The fourth-order valence-corrected chi connectivity index (χ4v) is 6.05. The third-order valence-corrected chi connectivity index (χ3v) is 8.09. The summed E-state index contributed by atoms with van der Waals surface area (Å²) in [6.07, 6.45) is 1.12. The number of amides is 1. The number of esters is 2. The van der Waals surface area contributed by atoms with Gasteiger partial charge in [0, 0.05) is 0 Å².